The van der Waals surface area contributed by atoms with Gasteiger partial charge in [-0.1, -0.05) is 12.1 Å². The lowest BCUT2D eigenvalue weighted by Gasteiger charge is -2.27. The summed E-state index contributed by atoms with van der Waals surface area (Å²) in [5.41, 5.74) is 1.38. The predicted molar refractivity (Wildman–Crippen MR) is 95.4 cm³/mol. The van der Waals surface area contributed by atoms with E-state index >= 15 is 0 Å². The van der Waals surface area contributed by atoms with Crippen molar-refractivity contribution >= 4 is 34.3 Å². The van der Waals surface area contributed by atoms with E-state index in [0.717, 1.165) is 24.5 Å². The molecule has 2 heterocycles. The smallest absolute Gasteiger partial charge is 0.272 e. The van der Waals surface area contributed by atoms with Gasteiger partial charge in [0, 0.05) is 23.2 Å². The van der Waals surface area contributed by atoms with Gasteiger partial charge in [0.25, 0.3) is 5.91 Å². The van der Waals surface area contributed by atoms with Gasteiger partial charge in [0.05, 0.1) is 13.2 Å². The number of rotatable bonds is 4. The molecule has 3 rings (SSSR count). The number of hydrogen-bond acceptors (Lipinski definition) is 5. The van der Waals surface area contributed by atoms with Crippen LogP contribution in [0.15, 0.2) is 36.4 Å². The van der Waals surface area contributed by atoms with Gasteiger partial charge in [0.15, 0.2) is 11.5 Å². The van der Waals surface area contributed by atoms with Crippen LogP contribution in [-0.2, 0) is 11.3 Å². The number of carbonyl (C=O) groups excluding carboxylic acids is 1. The topological polar surface area (TPSA) is 67.4 Å². The third-order valence-electron chi connectivity index (χ3n) is 3.58. The number of aromatic nitrogens is 2. The van der Waals surface area contributed by atoms with Crippen molar-refractivity contribution in [1.82, 2.24) is 15.5 Å². The summed E-state index contributed by atoms with van der Waals surface area (Å²) >= 11 is 2.25. The highest BCUT2D eigenvalue weighted by Crippen LogP contribution is 2.11. The van der Waals surface area contributed by atoms with Gasteiger partial charge < -0.3 is 15.0 Å². The summed E-state index contributed by atoms with van der Waals surface area (Å²) in [7, 11) is 0. The lowest BCUT2D eigenvalue weighted by molar-refractivity contribution is 0.0944. The Kier molecular flexibility index (Phi) is 5.39. The van der Waals surface area contributed by atoms with E-state index in [4.69, 9.17) is 4.74 Å². The summed E-state index contributed by atoms with van der Waals surface area (Å²) in [6, 6.07) is 11.6. The van der Waals surface area contributed by atoms with E-state index in [1.807, 2.05) is 30.3 Å². The monoisotopic (exact) mass is 424 g/mol. The van der Waals surface area contributed by atoms with Gasteiger partial charge in [-0.15, -0.1) is 10.2 Å². The zero-order valence-electron chi connectivity index (χ0n) is 12.5. The quantitative estimate of drug-likeness (QED) is 0.760. The minimum absolute atomic E-state index is 0.218. The van der Waals surface area contributed by atoms with Gasteiger partial charge in [-0.2, -0.15) is 0 Å². The number of amides is 1. The lowest BCUT2D eigenvalue weighted by atomic mass is 10.2. The van der Waals surface area contributed by atoms with Crippen LogP contribution in [0.25, 0.3) is 0 Å². The molecule has 1 fully saturated rings. The molecule has 1 saturated heterocycles. The number of anilines is 1. The largest absolute Gasteiger partial charge is 0.378 e. The van der Waals surface area contributed by atoms with E-state index in [2.05, 4.69) is 43.0 Å². The minimum atomic E-state index is -0.218. The van der Waals surface area contributed by atoms with E-state index in [1.54, 1.807) is 6.07 Å². The molecular weight excluding hydrogens is 407 g/mol. The van der Waals surface area contributed by atoms with E-state index in [1.165, 1.54) is 3.57 Å². The van der Waals surface area contributed by atoms with Gasteiger partial charge in [0.2, 0.25) is 0 Å². The van der Waals surface area contributed by atoms with E-state index in [0.29, 0.717) is 25.5 Å². The molecule has 6 nitrogen and oxygen atoms in total. The molecular formula is C16H17IN4O2. The van der Waals surface area contributed by atoms with Crippen LogP contribution in [0.2, 0.25) is 0 Å². The molecule has 1 aromatic carbocycles. The molecule has 0 atom stereocenters. The molecule has 0 aliphatic carbocycles. The fourth-order valence-electron chi connectivity index (χ4n) is 2.28. The number of nitrogens with one attached hydrogen (secondary N) is 1. The van der Waals surface area contributed by atoms with Crippen molar-refractivity contribution in [1.29, 1.82) is 0 Å². The molecule has 0 unspecified atom stereocenters. The summed E-state index contributed by atoms with van der Waals surface area (Å²) in [5, 5.41) is 11.0. The van der Waals surface area contributed by atoms with E-state index in [-0.39, 0.29) is 5.91 Å². The molecule has 1 aromatic heterocycles. The van der Waals surface area contributed by atoms with E-state index < -0.39 is 0 Å². The van der Waals surface area contributed by atoms with Gasteiger partial charge in [-0.25, -0.2) is 0 Å². The van der Waals surface area contributed by atoms with Crippen molar-refractivity contribution in [3.8, 4) is 0 Å². The van der Waals surface area contributed by atoms with E-state index in [9.17, 15) is 4.79 Å². The Morgan fingerprint density at radius 2 is 1.87 bits per heavy atom. The van der Waals surface area contributed by atoms with Crippen LogP contribution in [0, 0.1) is 3.57 Å². The Hall–Kier alpha value is -1.74. The zero-order chi connectivity index (χ0) is 16.1. The fraction of sp³-hybridized carbons (Fsp3) is 0.312. The molecule has 1 aliphatic rings. The summed E-state index contributed by atoms with van der Waals surface area (Å²) in [6.45, 7) is 3.46. The molecule has 2 aromatic rings. The molecule has 23 heavy (non-hydrogen) atoms. The molecule has 1 aliphatic heterocycles. The molecule has 0 spiro atoms. The highest BCUT2D eigenvalue weighted by molar-refractivity contribution is 14.1. The third-order valence-corrected chi connectivity index (χ3v) is 4.30. The van der Waals surface area contributed by atoms with Gasteiger partial charge in [-0.3, -0.25) is 4.79 Å². The molecule has 0 radical (unpaired) electrons. The van der Waals surface area contributed by atoms with Crippen molar-refractivity contribution in [2.24, 2.45) is 0 Å². The first kappa shape index (κ1) is 16.1. The maximum atomic E-state index is 12.1. The second-order valence-corrected chi connectivity index (χ2v) is 6.43. The first-order chi connectivity index (χ1) is 11.2. The molecule has 0 bridgehead atoms. The predicted octanol–water partition coefficient (Wildman–Crippen LogP) is 1.85. The second-order valence-electron chi connectivity index (χ2n) is 5.19. The Balaban J connectivity index is 1.57. The van der Waals surface area contributed by atoms with Gasteiger partial charge in [-0.05, 0) is 52.4 Å². The third kappa shape index (κ3) is 4.38. The van der Waals surface area contributed by atoms with Crippen LogP contribution in [0.5, 0.6) is 0 Å². The Morgan fingerprint density at radius 3 is 2.52 bits per heavy atom. The summed E-state index contributed by atoms with van der Waals surface area (Å²) in [4.78, 5) is 14.2. The molecule has 0 saturated carbocycles. The summed E-state index contributed by atoms with van der Waals surface area (Å²) in [5.74, 6) is 0.562. The van der Waals surface area contributed by atoms with Crippen molar-refractivity contribution in [2.45, 2.75) is 6.54 Å². The Bertz CT molecular complexity index is 655. The van der Waals surface area contributed by atoms with Crippen molar-refractivity contribution in [3.63, 3.8) is 0 Å². The number of morpholine rings is 1. The van der Waals surface area contributed by atoms with Crippen LogP contribution in [0.4, 0.5) is 5.82 Å². The number of hydrogen-bond donors (Lipinski definition) is 1. The first-order valence-electron chi connectivity index (χ1n) is 7.41. The fourth-order valence-corrected chi connectivity index (χ4v) is 2.64. The van der Waals surface area contributed by atoms with Crippen LogP contribution in [0.3, 0.4) is 0 Å². The minimum Gasteiger partial charge on any atom is -0.378 e. The zero-order valence-corrected chi connectivity index (χ0v) is 14.7. The van der Waals surface area contributed by atoms with Gasteiger partial charge in [0.1, 0.15) is 0 Å². The molecule has 120 valence electrons. The normalized spacial score (nSPS) is 14.6. The Morgan fingerprint density at radius 1 is 1.13 bits per heavy atom. The highest BCUT2D eigenvalue weighted by atomic mass is 127. The van der Waals surface area contributed by atoms with Crippen molar-refractivity contribution < 1.29 is 9.53 Å². The summed E-state index contributed by atoms with van der Waals surface area (Å²) < 4.78 is 6.48. The van der Waals surface area contributed by atoms with Crippen LogP contribution in [-0.4, -0.2) is 42.4 Å². The van der Waals surface area contributed by atoms with Crippen LogP contribution >= 0.6 is 22.6 Å². The van der Waals surface area contributed by atoms with Crippen LogP contribution in [0.1, 0.15) is 16.1 Å². The number of ether oxygens (including phenoxy) is 1. The average molecular weight is 424 g/mol. The molecule has 1 amide bonds. The number of nitrogens with zero attached hydrogens (tertiary/aromatic N) is 3. The van der Waals surface area contributed by atoms with Crippen LogP contribution < -0.4 is 10.2 Å². The highest BCUT2D eigenvalue weighted by Gasteiger charge is 2.14. The lowest BCUT2D eigenvalue weighted by Crippen LogP contribution is -2.37. The molecule has 7 heteroatoms. The molecule has 1 N–H and O–H groups in total. The van der Waals surface area contributed by atoms with Gasteiger partial charge >= 0.3 is 0 Å². The summed E-state index contributed by atoms with van der Waals surface area (Å²) in [6.07, 6.45) is 0. The number of benzene rings is 1. The number of halogens is 1. The standard InChI is InChI=1S/C16H17IN4O2/c17-13-3-1-12(2-4-13)11-18-16(22)14-5-6-15(20-19-14)21-7-9-23-10-8-21/h1-6H,7-11H2,(H,18,22). The number of carbonyl (C=O) groups is 1. The maximum absolute atomic E-state index is 12.1. The second kappa shape index (κ2) is 7.69. The maximum Gasteiger partial charge on any atom is 0.272 e. The van der Waals surface area contributed by atoms with Crippen molar-refractivity contribution in [3.05, 3.63) is 51.2 Å². The average Bonchev–Trinajstić information content (AvgIpc) is 2.62. The Labute approximate surface area is 148 Å². The van der Waals surface area contributed by atoms with Crippen molar-refractivity contribution in [2.75, 3.05) is 31.2 Å². The first-order valence-corrected chi connectivity index (χ1v) is 8.49. The SMILES string of the molecule is O=C(NCc1ccc(I)cc1)c1ccc(N2CCOCC2)nn1.